The number of allylic oxidation sites excluding steroid dienone is 1. The molecule has 0 amide bonds. The van der Waals surface area contributed by atoms with Crippen LogP contribution in [0.15, 0.2) is 42.7 Å². The fourth-order valence-electron chi connectivity index (χ4n) is 0.727. The van der Waals surface area contributed by atoms with E-state index in [4.69, 9.17) is 4.74 Å². The van der Waals surface area contributed by atoms with E-state index < -0.39 is 0 Å². The minimum atomic E-state index is 0. The van der Waals surface area contributed by atoms with Gasteiger partial charge in [0.1, 0.15) is 5.75 Å². The van der Waals surface area contributed by atoms with Crippen molar-refractivity contribution in [1.29, 1.82) is 0 Å². The van der Waals surface area contributed by atoms with Crippen LogP contribution >= 0.6 is 0 Å². The Morgan fingerprint density at radius 2 is 1.92 bits per heavy atom. The molecule has 0 unspecified atom stereocenters. The van der Waals surface area contributed by atoms with E-state index in [2.05, 4.69) is 6.58 Å². The Morgan fingerprint density at radius 3 is 2.42 bits per heavy atom. The Labute approximate surface area is 74.7 Å². The average Bonchev–Trinajstić information content (AvgIpc) is 2.06. The summed E-state index contributed by atoms with van der Waals surface area (Å²) < 4.78 is 5.37. The maximum Gasteiger partial charge on any atom is 0.126 e. The minimum absolute atomic E-state index is 0. The third-order valence-electron chi connectivity index (χ3n) is 1.40. The number of benzene rings is 1. The highest BCUT2D eigenvalue weighted by atomic mass is 16.5. The second-order valence-electron chi connectivity index (χ2n) is 2.31. The first kappa shape index (κ1) is 10.8. The highest BCUT2D eigenvalue weighted by molar-refractivity contribution is 5.22. The lowest BCUT2D eigenvalue weighted by molar-refractivity contribution is 0.412. The maximum absolute atomic E-state index is 5.37. The highest BCUT2D eigenvalue weighted by Gasteiger charge is 1.92. The Morgan fingerprint density at radius 1 is 1.33 bits per heavy atom. The third-order valence-corrected chi connectivity index (χ3v) is 1.40. The molecule has 0 aliphatic carbocycles. The summed E-state index contributed by atoms with van der Waals surface area (Å²) in [6.45, 7) is 5.77. The van der Waals surface area contributed by atoms with Crippen molar-refractivity contribution in [3.63, 3.8) is 0 Å². The molecule has 0 saturated carbocycles. The van der Waals surface area contributed by atoms with Crippen molar-refractivity contribution in [1.82, 2.24) is 0 Å². The van der Waals surface area contributed by atoms with Crippen LogP contribution in [0.5, 0.6) is 5.75 Å². The van der Waals surface area contributed by atoms with Gasteiger partial charge in [0, 0.05) is 6.42 Å². The minimum Gasteiger partial charge on any atom is -0.462 e. The second kappa shape index (κ2) is 5.42. The molecule has 0 spiro atoms. The van der Waals surface area contributed by atoms with Gasteiger partial charge in [0.25, 0.3) is 0 Å². The molecular weight excluding hydrogens is 148 g/mol. The number of hydrogen-bond acceptors (Lipinski definition) is 1. The van der Waals surface area contributed by atoms with Gasteiger partial charge in [0.05, 0.1) is 5.76 Å². The van der Waals surface area contributed by atoms with Crippen LogP contribution in [0.4, 0.5) is 0 Å². The summed E-state index contributed by atoms with van der Waals surface area (Å²) in [5.74, 6) is 1.66. The molecule has 0 N–H and O–H groups in total. The molecule has 1 aromatic carbocycles. The SMILES string of the molecule is C.C=C(CC)Oc1ccccc1. The summed E-state index contributed by atoms with van der Waals surface area (Å²) in [6.07, 6.45) is 0.856. The van der Waals surface area contributed by atoms with Gasteiger partial charge in [-0.25, -0.2) is 0 Å². The third kappa shape index (κ3) is 3.24. The van der Waals surface area contributed by atoms with Crippen molar-refractivity contribution in [3.8, 4) is 5.75 Å². The van der Waals surface area contributed by atoms with Gasteiger partial charge in [-0.1, -0.05) is 39.1 Å². The van der Waals surface area contributed by atoms with Crippen molar-refractivity contribution in [2.24, 2.45) is 0 Å². The Balaban J connectivity index is 0.00000121. The van der Waals surface area contributed by atoms with Gasteiger partial charge in [-0.2, -0.15) is 0 Å². The summed E-state index contributed by atoms with van der Waals surface area (Å²) in [4.78, 5) is 0. The molecule has 0 atom stereocenters. The van der Waals surface area contributed by atoms with Gasteiger partial charge in [0.15, 0.2) is 0 Å². The largest absolute Gasteiger partial charge is 0.462 e. The predicted molar refractivity (Wildman–Crippen MR) is 53.2 cm³/mol. The van der Waals surface area contributed by atoms with Crippen LogP contribution in [0.3, 0.4) is 0 Å². The fourth-order valence-corrected chi connectivity index (χ4v) is 0.727. The van der Waals surface area contributed by atoms with E-state index in [9.17, 15) is 0 Å². The molecular formula is C11H16O. The van der Waals surface area contributed by atoms with Crippen LogP contribution in [0.2, 0.25) is 0 Å². The van der Waals surface area contributed by atoms with Crippen LogP contribution < -0.4 is 4.74 Å². The second-order valence-corrected chi connectivity index (χ2v) is 2.31. The summed E-state index contributed by atoms with van der Waals surface area (Å²) in [5.41, 5.74) is 0. The topological polar surface area (TPSA) is 9.23 Å². The molecule has 1 nitrogen and oxygen atoms in total. The number of ether oxygens (including phenoxy) is 1. The van der Waals surface area contributed by atoms with Crippen LogP contribution in [0, 0.1) is 0 Å². The van der Waals surface area contributed by atoms with Crippen LogP contribution in [0.25, 0.3) is 0 Å². The number of rotatable bonds is 3. The van der Waals surface area contributed by atoms with Crippen LogP contribution in [0.1, 0.15) is 20.8 Å². The molecule has 0 heterocycles. The lowest BCUT2D eigenvalue weighted by atomic mass is 10.3. The van der Waals surface area contributed by atoms with Gasteiger partial charge in [-0.05, 0) is 12.1 Å². The summed E-state index contributed by atoms with van der Waals surface area (Å²) in [5, 5.41) is 0. The summed E-state index contributed by atoms with van der Waals surface area (Å²) in [6, 6.07) is 9.68. The Hall–Kier alpha value is -1.24. The van der Waals surface area contributed by atoms with Crippen molar-refractivity contribution in [3.05, 3.63) is 42.7 Å². The van der Waals surface area contributed by atoms with Crippen LogP contribution in [-0.4, -0.2) is 0 Å². The molecule has 0 saturated heterocycles. The molecule has 0 aliphatic rings. The van der Waals surface area contributed by atoms with E-state index in [1.807, 2.05) is 37.3 Å². The summed E-state index contributed by atoms with van der Waals surface area (Å²) in [7, 11) is 0. The van der Waals surface area contributed by atoms with Gasteiger partial charge in [-0.15, -0.1) is 0 Å². The molecule has 0 bridgehead atoms. The number of para-hydroxylation sites is 1. The molecule has 1 aromatic rings. The predicted octanol–water partition coefficient (Wildman–Crippen LogP) is 3.63. The lowest BCUT2D eigenvalue weighted by Gasteiger charge is -2.04. The van der Waals surface area contributed by atoms with E-state index in [0.29, 0.717) is 0 Å². The van der Waals surface area contributed by atoms with Crippen molar-refractivity contribution >= 4 is 0 Å². The molecule has 0 fully saturated rings. The van der Waals surface area contributed by atoms with Gasteiger partial charge >= 0.3 is 0 Å². The zero-order valence-corrected chi connectivity index (χ0v) is 6.71. The van der Waals surface area contributed by atoms with Crippen molar-refractivity contribution < 1.29 is 4.74 Å². The lowest BCUT2D eigenvalue weighted by Crippen LogP contribution is -1.90. The maximum atomic E-state index is 5.37. The average molecular weight is 164 g/mol. The Bertz CT molecular complexity index is 226. The van der Waals surface area contributed by atoms with Gasteiger partial charge in [0.2, 0.25) is 0 Å². The zero-order chi connectivity index (χ0) is 8.10. The standard InChI is InChI=1S/C10H12O.CH4/c1-3-9(2)11-10-7-5-4-6-8-10;/h4-8H,2-3H2,1H3;1H4. The van der Waals surface area contributed by atoms with Gasteiger partial charge < -0.3 is 4.74 Å². The molecule has 1 heteroatoms. The van der Waals surface area contributed by atoms with Crippen molar-refractivity contribution in [2.75, 3.05) is 0 Å². The first-order chi connectivity index (χ1) is 5.33. The van der Waals surface area contributed by atoms with Crippen LogP contribution in [-0.2, 0) is 0 Å². The molecule has 0 aromatic heterocycles. The van der Waals surface area contributed by atoms with E-state index in [1.54, 1.807) is 0 Å². The molecule has 0 aliphatic heterocycles. The van der Waals surface area contributed by atoms with E-state index >= 15 is 0 Å². The smallest absolute Gasteiger partial charge is 0.126 e. The number of hydrogen-bond donors (Lipinski definition) is 0. The first-order valence-electron chi connectivity index (χ1n) is 3.73. The molecule has 0 radical (unpaired) electrons. The van der Waals surface area contributed by atoms with E-state index in [-0.39, 0.29) is 7.43 Å². The molecule has 1 rings (SSSR count). The first-order valence-corrected chi connectivity index (χ1v) is 3.73. The fraction of sp³-hybridized carbons (Fsp3) is 0.273. The quantitative estimate of drug-likeness (QED) is 0.620. The summed E-state index contributed by atoms with van der Waals surface area (Å²) >= 11 is 0. The van der Waals surface area contributed by atoms with Crippen molar-refractivity contribution in [2.45, 2.75) is 20.8 Å². The van der Waals surface area contributed by atoms with Gasteiger partial charge in [-0.3, -0.25) is 0 Å². The highest BCUT2D eigenvalue weighted by Crippen LogP contribution is 2.12. The Kier molecular flexibility index (Phi) is 4.86. The normalized spacial score (nSPS) is 8.42. The van der Waals surface area contributed by atoms with E-state index in [1.165, 1.54) is 0 Å². The molecule has 66 valence electrons. The molecule has 12 heavy (non-hydrogen) atoms. The monoisotopic (exact) mass is 164 g/mol. The zero-order valence-electron chi connectivity index (χ0n) is 6.71. The van der Waals surface area contributed by atoms with E-state index in [0.717, 1.165) is 17.9 Å².